The van der Waals surface area contributed by atoms with Crippen LogP contribution in [0.15, 0.2) is 23.3 Å². The van der Waals surface area contributed by atoms with Crippen LogP contribution in [0.2, 0.25) is 0 Å². The number of hydrazone groups is 1. The Balaban J connectivity index is 2.25. The van der Waals surface area contributed by atoms with Gasteiger partial charge in [0.25, 0.3) is 0 Å². The molecule has 0 radical (unpaired) electrons. The quantitative estimate of drug-likeness (QED) is 0.523. The molecule has 0 spiro atoms. The molecule has 1 aromatic rings. The molecule has 1 aliphatic rings. The first-order valence-corrected chi connectivity index (χ1v) is 4.47. The molecule has 0 aliphatic carbocycles. The van der Waals surface area contributed by atoms with Crippen LogP contribution >= 0.6 is 0 Å². The Bertz CT molecular complexity index is 331. The molecule has 2 N–H and O–H groups in total. The highest BCUT2D eigenvalue weighted by molar-refractivity contribution is 5.82. The van der Waals surface area contributed by atoms with Gasteiger partial charge < -0.3 is 10.7 Å². The van der Waals surface area contributed by atoms with E-state index in [4.69, 9.17) is 0 Å². The van der Waals surface area contributed by atoms with Gasteiger partial charge >= 0.3 is 0 Å². The van der Waals surface area contributed by atoms with E-state index in [0.29, 0.717) is 0 Å². The third-order valence-electron chi connectivity index (χ3n) is 2.19. The van der Waals surface area contributed by atoms with Crippen LogP contribution in [0.1, 0.15) is 11.1 Å². The number of fused-ring (bicyclic) bond motifs is 1. The second kappa shape index (κ2) is 3.47. The van der Waals surface area contributed by atoms with E-state index < -0.39 is 0 Å². The number of nitrogens with one attached hydrogen (secondary N) is 2. The summed E-state index contributed by atoms with van der Waals surface area (Å²) in [5.74, 6) is 0. The summed E-state index contributed by atoms with van der Waals surface area (Å²) >= 11 is 0. The van der Waals surface area contributed by atoms with Crippen LogP contribution in [-0.2, 0) is 6.42 Å². The third-order valence-corrected chi connectivity index (χ3v) is 2.19. The summed E-state index contributed by atoms with van der Waals surface area (Å²) in [6, 6.07) is 6.38. The highest BCUT2D eigenvalue weighted by atomic mass is 15.3. The van der Waals surface area contributed by atoms with Crippen LogP contribution in [0.4, 0.5) is 5.69 Å². The lowest BCUT2D eigenvalue weighted by Gasteiger charge is -2.00. The van der Waals surface area contributed by atoms with Gasteiger partial charge in [-0.1, -0.05) is 12.1 Å². The normalized spacial score (nSPS) is 14.2. The zero-order chi connectivity index (χ0) is 9.10. The molecule has 2 rings (SSSR count). The predicted octanol–water partition coefficient (Wildman–Crippen LogP) is 1.21. The summed E-state index contributed by atoms with van der Waals surface area (Å²) in [4.78, 5) is 0. The van der Waals surface area contributed by atoms with Gasteiger partial charge in [0.2, 0.25) is 0 Å². The number of anilines is 1. The second-order valence-corrected chi connectivity index (χ2v) is 3.08. The minimum absolute atomic E-state index is 1.06. The van der Waals surface area contributed by atoms with E-state index in [1.807, 2.05) is 6.21 Å². The minimum atomic E-state index is 1.06. The average molecular weight is 175 g/mol. The van der Waals surface area contributed by atoms with Gasteiger partial charge in [-0.2, -0.15) is 5.10 Å². The molecule has 0 bridgehead atoms. The molecular weight excluding hydrogens is 162 g/mol. The van der Waals surface area contributed by atoms with Crippen molar-refractivity contribution in [3.8, 4) is 0 Å². The highest BCUT2D eigenvalue weighted by Gasteiger charge is 2.08. The van der Waals surface area contributed by atoms with Crippen LogP contribution in [0.25, 0.3) is 0 Å². The van der Waals surface area contributed by atoms with Gasteiger partial charge in [0.1, 0.15) is 0 Å². The molecule has 0 fully saturated rings. The number of hydrogen-bond acceptors (Lipinski definition) is 3. The fourth-order valence-corrected chi connectivity index (χ4v) is 1.53. The Morgan fingerprint density at radius 1 is 1.54 bits per heavy atom. The van der Waals surface area contributed by atoms with Gasteiger partial charge in [-0.05, 0) is 23.6 Å². The Kier molecular flexibility index (Phi) is 2.17. The van der Waals surface area contributed by atoms with Crippen molar-refractivity contribution in [3.05, 3.63) is 29.3 Å². The zero-order valence-electron chi connectivity index (χ0n) is 7.67. The molecule has 1 aromatic carbocycles. The topological polar surface area (TPSA) is 36.4 Å². The molecule has 0 saturated carbocycles. The maximum atomic E-state index is 3.96. The van der Waals surface area contributed by atoms with Gasteiger partial charge in [0.05, 0.1) is 6.21 Å². The van der Waals surface area contributed by atoms with Crippen LogP contribution < -0.4 is 10.7 Å². The maximum Gasteiger partial charge on any atom is 0.0541 e. The summed E-state index contributed by atoms with van der Waals surface area (Å²) in [7, 11) is 1.79. The molecule has 0 aromatic heterocycles. The minimum Gasteiger partial charge on any atom is -0.384 e. The predicted molar refractivity (Wildman–Crippen MR) is 55.3 cm³/mol. The van der Waals surface area contributed by atoms with E-state index in [2.05, 4.69) is 34.0 Å². The first kappa shape index (κ1) is 8.10. The van der Waals surface area contributed by atoms with Crippen molar-refractivity contribution in [2.24, 2.45) is 5.10 Å². The lowest BCUT2D eigenvalue weighted by atomic mass is 10.1. The second-order valence-electron chi connectivity index (χ2n) is 3.08. The molecule has 1 aliphatic heterocycles. The molecule has 68 valence electrons. The van der Waals surface area contributed by atoms with E-state index in [0.717, 1.165) is 18.5 Å². The van der Waals surface area contributed by atoms with Crippen molar-refractivity contribution < 1.29 is 0 Å². The van der Waals surface area contributed by atoms with Crippen molar-refractivity contribution in [1.82, 2.24) is 5.43 Å². The monoisotopic (exact) mass is 175 g/mol. The van der Waals surface area contributed by atoms with Crippen molar-refractivity contribution in [2.75, 3.05) is 18.9 Å². The Labute approximate surface area is 77.9 Å². The number of rotatable bonds is 2. The summed E-state index contributed by atoms with van der Waals surface area (Å²) in [6.45, 7) is 1.06. The first-order valence-electron chi connectivity index (χ1n) is 4.47. The fraction of sp³-hybridized carbons (Fsp3) is 0.300. The summed E-state index contributed by atoms with van der Waals surface area (Å²) in [5.41, 5.74) is 6.51. The fourth-order valence-electron chi connectivity index (χ4n) is 1.53. The highest BCUT2D eigenvalue weighted by Crippen LogP contribution is 2.22. The molecule has 0 amide bonds. The van der Waals surface area contributed by atoms with E-state index >= 15 is 0 Å². The first-order chi connectivity index (χ1) is 6.40. The Morgan fingerprint density at radius 3 is 3.31 bits per heavy atom. The van der Waals surface area contributed by atoms with Crippen LogP contribution in [0.3, 0.4) is 0 Å². The van der Waals surface area contributed by atoms with Gasteiger partial charge in [-0.3, -0.25) is 0 Å². The molecule has 3 nitrogen and oxygen atoms in total. The summed E-state index contributed by atoms with van der Waals surface area (Å²) in [5, 5.41) is 7.30. The number of hydrogen-bond donors (Lipinski definition) is 2. The number of nitrogens with zero attached hydrogens (tertiary/aromatic N) is 1. The van der Waals surface area contributed by atoms with E-state index in [1.165, 1.54) is 11.3 Å². The summed E-state index contributed by atoms with van der Waals surface area (Å²) < 4.78 is 0. The van der Waals surface area contributed by atoms with E-state index in [-0.39, 0.29) is 0 Å². The maximum absolute atomic E-state index is 3.96. The van der Waals surface area contributed by atoms with Crippen molar-refractivity contribution in [2.45, 2.75) is 6.42 Å². The lowest BCUT2D eigenvalue weighted by molar-refractivity contribution is 0.908. The van der Waals surface area contributed by atoms with Crippen LogP contribution in [0, 0.1) is 0 Å². The largest absolute Gasteiger partial charge is 0.384 e. The lowest BCUT2D eigenvalue weighted by Crippen LogP contribution is -1.95. The van der Waals surface area contributed by atoms with Gasteiger partial charge in [-0.25, -0.2) is 0 Å². The molecule has 0 atom stereocenters. The van der Waals surface area contributed by atoms with Crippen LogP contribution in [-0.4, -0.2) is 19.8 Å². The molecule has 13 heavy (non-hydrogen) atoms. The Hall–Kier alpha value is -1.51. The van der Waals surface area contributed by atoms with Gasteiger partial charge in [-0.15, -0.1) is 0 Å². The standard InChI is InChI=1S/C10H13N3/c1-11-13-7-8-2-3-9-4-5-12-10(9)6-8/h2-3,6-7,11-12H,4-5H2,1H3/b13-7+. The van der Waals surface area contributed by atoms with Crippen molar-refractivity contribution in [3.63, 3.8) is 0 Å². The van der Waals surface area contributed by atoms with Gasteiger partial charge in [0, 0.05) is 19.3 Å². The smallest absolute Gasteiger partial charge is 0.0541 e. The van der Waals surface area contributed by atoms with Gasteiger partial charge in [0.15, 0.2) is 0 Å². The van der Waals surface area contributed by atoms with Crippen LogP contribution in [0.5, 0.6) is 0 Å². The number of benzene rings is 1. The summed E-state index contributed by atoms with van der Waals surface area (Å²) in [6.07, 6.45) is 2.96. The molecule has 1 heterocycles. The third kappa shape index (κ3) is 1.64. The Morgan fingerprint density at radius 2 is 2.46 bits per heavy atom. The average Bonchev–Trinajstić information content (AvgIpc) is 2.61. The zero-order valence-corrected chi connectivity index (χ0v) is 7.67. The van der Waals surface area contributed by atoms with Crippen molar-refractivity contribution >= 4 is 11.9 Å². The molecule has 3 heteroatoms. The molecular formula is C10H13N3. The van der Waals surface area contributed by atoms with E-state index in [9.17, 15) is 0 Å². The molecule has 0 saturated heterocycles. The SMILES string of the molecule is CN/N=C/c1ccc2c(c1)NCC2. The van der Waals surface area contributed by atoms with Crippen molar-refractivity contribution in [1.29, 1.82) is 0 Å². The molecule has 0 unspecified atom stereocenters. The van der Waals surface area contributed by atoms with E-state index in [1.54, 1.807) is 7.05 Å².